The van der Waals surface area contributed by atoms with Gasteiger partial charge in [0.05, 0.1) is 7.11 Å². The van der Waals surface area contributed by atoms with Gasteiger partial charge in [-0.3, -0.25) is 0 Å². The van der Waals surface area contributed by atoms with Crippen molar-refractivity contribution in [3.63, 3.8) is 0 Å². The molecule has 3 heteroatoms. The van der Waals surface area contributed by atoms with E-state index in [1.54, 1.807) is 7.11 Å². The van der Waals surface area contributed by atoms with E-state index in [9.17, 15) is 5.11 Å². The topological polar surface area (TPSA) is 41.5 Å². The minimum absolute atomic E-state index is 0.358. The van der Waals surface area contributed by atoms with Gasteiger partial charge in [-0.15, -0.1) is 0 Å². The third kappa shape index (κ3) is 3.41. The molecule has 1 aromatic carbocycles. The Morgan fingerprint density at radius 3 is 2.86 bits per heavy atom. The summed E-state index contributed by atoms with van der Waals surface area (Å²) in [6, 6.07) is 7.04. The van der Waals surface area contributed by atoms with Gasteiger partial charge in [-0.05, 0) is 73.7 Å². The van der Waals surface area contributed by atoms with Gasteiger partial charge in [0.2, 0.25) is 0 Å². The van der Waals surface area contributed by atoms with E-state index < -0.39 is 0 Å². The van der Waals surface area contributed by atoms with Crippen LogP contribution >= 0.6 is 0 Å². The molecule has 0 bridgehead atoms. The quantitative estimate of drug-likeness (QED) is 0.875. The van der Waals surface area contributed by atoms with Crippen molar-refractivity contribution in [1.82, 2.24) is 5.32 Å². The van der Waals surface area contributed by atoms with Gasteiger partial charge in [-0.1, -0.05) is 12.5 Å². The number of hydrogen-bond donors (Lipinski definition) is 2. The normalized spacial score (nSPS) is 28.4. The summed E-state index contributed by atoms with van der Waals surface area (Å²) in [6.45, 7) is 1.42. The van der Waals surface area contributed by atoms with Crippen molar-refractivity contribution >= 4 is 0 Å². The molecular formula is C18H27NO2. The summed E-state index contributed by atoms with van der Waals surface area (Å²) in [7, 11) is 1.73. The Balaban J connectivity index is 1.56. The Hall–Kier alpha value is -1.06. The summed E-state index contributed by atoms with van der Waals surface area (Å²) in [5, 5.41) is 13.2. The number of aliphatic hydroxyl groups excluding tert-OH is 1. The zero-order valence-electron chi connectivity index (χ0n) is 13.0. The fourth-order valence-electron chi connectivity index (χ4n) is 3.98. The van der Waals surface area contributed by atoms with Crippen LogP contribution in [-0.2, 0) is 12.8 Å². The Bertz CT molecular complexity index is 474. The van der Waals surface area contributed by atoms with Crippen molar-refractivity contribution in [2.24, 2.45) is 11.8 Å². The van der Waals surface area contributed by atoms with Gasteiger partial charge in [-0.2, -0.15) is 0 Å². The first kappa shape index (κ1) is 14.9. The highest BCUT2D eigenvalue weighted by molar-refractivity contribution is 5.37. The van der Waals surface area contributed by atoms with Gasteiger partial charge in [-0.25, -0.2) is 0 Å². The third-order valence-electron chi connectivity index (χ3n) is 5.36. The molecule has 0 radical (unpaired) electrons. The molecule has 21 heavy (non-hydrogen) atoms. The standard InChI is InChI=1S/C18H27NO2/c1-21-18-8-6-13-5-7-17(9-16(13)10-18)19-11-14-3-2-4-15(14)12-20/h6,8,10,14-15,17,19-20H,2-5,7,9,11-12H2,1H3. The Morgan fingerprint density at radius 1 is 1.19 bits per heavy atom. The first-order chi connectivity index (χ1) is 10.3. The molecule has 0 saturated heterocycles. The second-order valence-electron chi connectivity index (χ2n) is 6.62. The molecule has 0 heterocycles. The Labute approximate surface area is 127 Å². The van der Waals surface area contributed by atoms with Crippen molar-refractivity contribution < 1.29 is 9.84 Å². The second-order valence-corrected chi connectivity index (χ2v) is 6.62. The van der Waals surface area contributed by atoms with Gasteiger partial charge in [0.1, 0.15) is 5.75 Å². The smallest absolute Gasteiger partial charge is 0.119 e. The van der Waals surface area contributed by atoms with Crippen LogP contribution in [-0.4, -0.2) is 31.4 Å². The molecule has 0 amide bonds. The number of hydrogen-bond acceptors (Lipinski definition) is 3. The predicted molar refractivity (Wildman–Crippen MR) is 84.7 cm³/mol. The molecule has 2 N–H and O–H groups in total. The largest absolute Gasteiger partial charge is 0.497 e. The lowest BCUT2D eigenvalue weighted by atomic mass is 9.87. The summed E-state index contributed by atoms with van der Waals surface area (Å²) < 4.78 is 5.34. The maximum absolute atomic E-state index is 9.42. The summed E-state index contributed by atoms with van der Waals surface area (Å²) >= 11 is 0. The molecule has 1 aromatic rings. The summed E-state index contributed by atoms with van der Waals surface area (Å²) in [4.78, 5) is 0. The zero-order chi connectivity index (χ0) is 14.7. The van der Waals surface area contributed by atoms with Gasteiger partial charge in [0, 0.05) is 12.6 Å². The highest BCUT2D eigenvalue weighted by Gasteiger charge is 2.27. The van der Waals surface area contributed by atoms with Gasteiger partial charge < -0.3 is 15.2 Å². The number of nitrogens with one attached hydrogen (secondary N) is 1. The average molecular weight is 289 g/mol. The number of benzene rings is 1. The summed E-state index contributed by atoms with van der Waals surface area (Å²) in [5.74, 6) is 2.15. The molecule has 1 saturated carbocycles. The lowest BCUT2D eigenvalue weighted by Crippen LogP contribution is -2.38. The summed E-state index contributed by atoms with van der Waals surface area (Å²) in [5.41, 5.74) is 2.91. The van der Waals surface area contributed by atoms with E-state index in [1.165, 1.54) is 36.8 Å². The van der Waals surface area contributed by atoms with Crippen LogP contribution in [0.1, 0.15) is 36.8 Å². The fraction of sp³-hybridized carbons (Fsp3) is 0.667. The second kappa shape index (κ2) is 6.80. The molecule has 0 spiro atoms. The van der Waals surface area contributed by atoms with Crippen molar-refractivity contribution in [2.45, 2.75) is 44.6 Å². The maximum Gasteiger partial charge on any atom is 0.119 e. The molecule has 116 valence electrons. The van der Waals surface area contributed by atoms with Crippen molar-refractivity contribution in [1.29, 1.82) is 0 Å². The van der Waals surface area contributed by atoms with E-state index in [0.717, 1.165) is 25.1 Å². The molecule has 3 nitrogen and oxygen atoms in total. The molecule has 1 fully saturated rings. The van der Waals surface area contributed by atoms with Crippen LogP contribution in [0.25, 0.3) is 0 Å². The molecule has 2 aliphatic carbocycles. The number of ether oxygens (including phenoxy) is 1. The minimum atomic E-state index is 0.358. The van der Waals surface area contributed by atoms with Crippen LogP contribution in [0.2, 0.25) is 0 Å². The minimum Gasteiger partial charge on any atom is -0.497 e. The van der Waals surface area contributed by atoms with E-state index in [1.807, 2.05) is 0 Å². The average Bonchev–Trinajstić information content (AvgIpc) is 2.99. The molecule has 0 aliphatic heterocycles. The molecular weight excluding hydrogens is 262 g/mol. The first-order valence-electron chi connectivity index (χ1n) is 8.30. The van der Waals surface area contributed by atoms with Crippen LogP contribution in [0.15, 0.2) is 18.2 Å². The van der Waals surface area contributed by atoms with Crippen LogP contribution in [0, 0.1) is 11.8 Å². The SMILES string of the molecule is COc1ccc2c(c1)CC(NCC1CCCC1CO)CC2. The highest BCUT2D eigenvalue weighted by atomic mass is 16.5. The monoisotopic (exact) mass is 289 g/mol. The lowest BCUT2D eigenvalue weighted by molar-refractivity contribution is 0.189. The van der Waals surface area contributed by atoms with Crippen molar-refractivity contribution in [3.8, 4) is 5.75 Å². The van der Waals surface area contributed by atoms with Crippen LogP contribution in [0.5, 0.6) is 5.75 Å². The predicted octanol–water partition coefficient (Wildman–Crippen LogP) is 2.55. The van der Waals surface area contributed by atoms with Crippen LogP contribution in [0.4, 0.5) is 0 Å². The van der Waals surface area contributed by atoms with Gasteiger partial charge in [0.15, 0.2) is 0 Å². The lowest BCUT2D eigenvalue weighted by Gasteiger charge is -2.28. The molecule has 0 aromatic heterocycles. The van der Waals surface area contributed by atoms with Crippen molar-refractivity contribution in [3.05, 3.63) is 29.3 Å². The Kier molecular flexibility index (Phi) is 4.81. The van der Waals surface area contributed by atoms with E-state index in [4.69, 9.17) is 4.74 Å². The number of fused-ring (bicyclic) bond motifs is 1. The van der Waals surface area contributed by atoms with Crippen LogP contribution in [0.3, 0.4) is 0 Å². The molecule has 3 rings (SSSR count). The first-order valence-corrected chi connectivity index (χ1v) is 8.30. The van der Waals surface area contributed by atoms with Gasteiger partial charge in [0.25, 0.3) is 0 Å². The number of aliphatic hydroxyl groups is 1. The zero-order valence-corrected chi connectivity index (χ0v) is 13.0. The van der Waals surface area contributed by atoms with E-state index in [-0.39, 0.29) is 0 Å². The maximum atomic E-state index is 9.42. The van der Waals surface area contributed by atoms with Crippen LogP contribution < -0.4 is 10.1 Å². The van der Waals surface area contributed by atoms with E-state index in [2.05, 4.69) is 23.5 Å². The van der Waals surface area contributed by atoms with Gasteiger partial charge >= 0.3 is 0 Å². The van der Waals surface area contributed by atoms with E-state index >= 15 is 0 Å². The van der Waals surface area contributed by atoms with Crippen molar-refractivity contribution in [2.75, 3.05) is 20.3 Å². The number of methoxy groups -OCH3 is 1. The fourth-order valence-corrected chi connectivity index (χ4v) is 3.98. The van der Waals surface area contributed by atoms with E-state index in [0.29, 0.717) is 24.5 Å². The highest BCUT2D eigenvalue weighted by Crippen LogP contribution is 2.31. The summed E-state index contributed by atoms with van der Waals surface area (Å²) in [6.07, 6.45) is 7.23. The number of aryl methyl sites for hydroxylation is 1. The molecule has 3 unspecified atom stereocenters. The molecule has 3 atom stereocenters. The molecule has 2 aliphatic rings. The third-order valence-corrected chi connectivity index (χ3v) is 5.36. The Morgan fingerprint density at radius 2 is 2.05 bits per heavy atom. The number of rotatable bonds is 5.